The first-order valence-electron chi connectivity index (χ1n) is 5.35. The average molecular weight is 204 g/mol. The normalized spacial score (nSPS) is 13.0. The Bertz CT molecular complexity index is 437. The third-order valence-corrected chi connectivity index (χ3v) is 2.65. The number of aryl methyl sites for hydroxylation is 2. The van der Waals surface area contributed by atoms with Crippen molar-refractivity contribution < 1.29 is 8.83 Å². The van der Waals surface area contributed by atoms with Gasteiger partial charge in [0.25, 0.3) is 0 Å². The first-order valence-corrected chi connectivity index (χ1v) is 5.35. The van der Waals surface area contributed by atoms with Crippen molar-refractivity contribution in [1.29, 1.82) is 0 Å². The van der Waals surface area contributed by atoms with Crippen molar-refractivity contribution >= 4 is 0 Å². The van der Waals surface area contributed by atoms with Gasteiger partial charge in [-0.05, 0) is 38.1 Å². The van der Waals surface area contributed by atoms with Crippen molar-refractivity contribution in [2.75, 3.05) is 0 Å². The van der Waals surface area contributed by atoms with Gasteiger partial charge in [0.05, 0.1) is 5.92 Å². The van der Waals surface area contributed by atoms with Gasteiger partial charge < -0.3 is 8.83 Å². The fourth-order valence-electron chi connectivity index (χ4n) is 1.64. The molecule has 1 unspecified atom stereocenters. The summed E-state index contributed by atoms with van der Waals surface area (Å²) < 4.78 is 11.3. The van der Waals surface area contributed by atoms with Crippen LogP contribution < -0.4 is 0 Å². The lowest BCUT2D eigenvalue weighted by atomic mass is 10.1. The van der Waals surface area contributed by atoms with Crippen LogP contribution in [0.2, 0.25) is 0 Å². The van der Waals surface area contributed by atoms with Gasteiger partial charge in [0.1, 0.15) is 23.0 Å². The Morgan fingerprint density at radius 3 is 2.27 bits per heavy atom. The smallest absolute Gasteiger partial charge is 0.114 e. The third kappa shape index (κ3) is 1.99. The van der Waals surface area contributed by atoms with Gasteiger partial charge in [-0.15, -0.1) is 0 Å². The molecule has 2 aromatic heterocycles. The fourth-order valence-corrected chi connectivity index (χ4v) is 1.64. The van der Waals surface area contributed by atoms with Crippen LogP contribution in [-0.2, 0) is 6.42 Å². The molecular formula is C13H16O2. The van der Waals surface area contributed by atoms with E-state index in [1.807, 2.05) is 31.2 Å². The lowest BCUT2D eigenvalue weighted by Gasteiger charge is -2.04. The molecule has 0 radical (unpaired) electrons. The molecule has 2 aromatic rings. The van der Waals surface area contributed by atoms with Crippen LogP contribution in [0.15, 0.2) is 33.1 Å². The summed E-state index contributed by atoms with van der Waals surface area (Å²) in [5.41, 5.74) is 0. The maximum Gasteiger partial charge on any atom is 0.114 e. The summed E-state index contributed by atoms with van der Waals surface area (Å²) in [6, 6.07) is 8.05. The second-order valence-electron chi connectivity index (χ2n) is 3.83. The molecule has 0 amide bonds. The number of hydrogen-bond acceptors (Lipinski definition) is 2. The van der Waals surface area contributed by atoms with Crippen molar-refractivity contribution in [3.8, 4) is 0 Å². The minimum Gasteiger partial charge on any atom is -0.466 e. The number of hydrogen-bond donors (Lipinski definition) is 0. The van der Waals surface area contributed by atoms with E-state index >= 15 is 0 Å². The highest BCUT2D eigenvalue weighted by molar-refractivity contribution is 5.21. The Morgan fingerprint density at radius 1 is 1.07 bits per heavy atom. The van der Waals surface area contributed by atoms with Gasteiger partial charge in [-0.3, -0.25) is 0 Å². The van der Waals surface area contributed by atoms with Gasteiger partial charge in [-0.25, -0.2) is 0 Å². The molecule has 2 nitrogen and oxygen atoms in total. The summed E-state index contributed by atoms with van der Waals surface area (Å²) >= 11 is 0. The minimum atomic E-state index is 0.194. The molecule has 0 aliphatic carbocycles. The van der Waals surface area contributed by atoms with Gasteiger partial charge >= 0.3 is 0 Å². The van der Waals surface area contributed by atoms with Crippen LogP contribution in [0.5, 0.6) is 0 Å². The Balaban J connectivity index is 2.23. The summed E-state index contributed by atoms with van der Waals surface area (Å²) in [7, 11) is 0. The molecule has 1 atom stereocenters. The van der Waals surface area contributed by atoms with E-state index in [4.69, 9.17) is 8.83 Å². The molecule has 0 spiro atoms. The van der Waals surface area contributed by atoms with Crippen LogP contribution >= 0.6 is 0 Å². The molecular weight excluding hydrogens is 188 g/mol. The van der Waals surface area contributed by atoms with Crippen LogP contribution in [0.3, 0.4) is 0 Å². The van der Waals surface area contributed by atoms with E-state index in [2.05, 4.69) is 13.8 Å². The highest BCUT2D eigenvalue weighted by Crippen LogP contribution is 2.27. The standard InChI is InChI=1S/C13H16O2/c1-4-11-6-8-13(15-11)10(3)12-7-5-9(2)14-12/h5-8,10H,4H2,1-3H3. The highest BCUT2D eigenvalue weighted by Gasteiger charge is 2.15. The zero-order chi connectivity index (χ0) is 10.8. The first kappa shape index (κ1) is 10.1. The van der Waals surface area contributed by atoms with Crippen molar-refractivity contribution in [3.63, 3.8) is 0 Å². The van der Waals surface area contributed by atoms with Gasteiger partial charge in [-0.2, -0.15) is 0 Å². The van der Waals surface area contributed by atoms with Gasteiger partial charge in [0.15, 0.2) is 0 Å². The van der Waals surface area contributed by atoms with E-state index in [9.17, 15) is 0 Å². The van der Waals surface area contributed by atoms with E-state index in [1.165, 1.54) is 0 Å². The van der Waals surface area contributed by atoms with E-state index in [-0.39, 0.29) is 5.92 Å². The maximum atomic E-state index is 5.70. The van der Waals surface area contributed by atoms with Gasteiger partial charge in [0, 0.05) is 6.42 Å². The van der Waals surface area contributed by atoms with Crippen LogP contribution in [-0.4, -0.2) is 0 Å². The molecule has 2 heteroatoms. The molecule has 2 heterocycles. The predicted octanol–water partition coefficient (Wildman–Crippen LogP) is 3.90. The van der Waals surface area contributed by atoms with Crippen LogP contribution in [0.1, 0.15) is 42.8 Å². The molecule has 2 rings (SSSR count). The van der Waals surface area contributed by atoms with Crippen LogP contribution in [0.25, 0.3) is 0 Å². The Hall–Kier alpha value is -1.44. The predicted molar refractivity (Wildman–Crippen MR) is 59.0 cm³/mol. The quantitative estimate of drug-likeness (QED) is 0.758. The Labute approximate surface area is 89.9 Å². The molecule has 0 saturated heterocycles. The molecule has 0 N–H and O–H groups in total. The van der Waals surface area contributed by atoms with Crippen molar-refractivity contribution in [2.45, 2.75) is 33.1 Å². The maximum absolute atomic E-state index is 5.70. The Morgan fingerprint density at radius 2 is 1.73 bits per heavy atom. The first-order chi connectivity index (χ1) is 7.20. The monoisotopic (exact) mass is 204 g/mol. The number of rotatable bonds is 3. The van der Waals surface area contributed by atoms with Crippen LogP contribution in [0, 0.1) is 6.92 Å². The summed E-state index contributed by atoms with van der Waals surface area (Å²) in [4.78, 5) is 0. The van der Waals surface area contributed by atoms with E-state index < -0.39 is 0 Å². The lowest BCUT2D eigenvalue weighted by Crippen LogP contribution is -1.91. The summed E-state index contributed by atoms with van der Waals surface area (Å²) in [6.07, 6.45) is 0.934. The zero-order valence-electron chi connectivity index (χ0n) is 9.41. The second kappa shape index (κ2) is 3.97. The molecule has 0 aromatic carbocycles. The zero-order valence-corrected chi connectivity index (χ0v) is 9.41. The molecule has 0 bridgehead atoms. The summed E-state index contributed by atoms with van der Waals surface area (Å²) in [5.74, 6) is 4.10. The van der Waals surface area contributed by atoms with Gasteiger partial charge in [0.2, 0.25) is 0 Å². The molecule has 0 aliphatic heterocycles. The third-order valence-electron chi connectivity index (χ3n) is 2.65. The topological polar surface area (TPSA) is 26.3 Å². The molecule has 15 heavy (non-hydrogen) atoms. The highest BCUT2D eigenvalue weighted by atomic mass is 16.4. The SMILES string of the molecule is CCc1ccc(C(C)c2ccc(C)o2)o1. The lowest BCUT2D eigenvalue weighted by molar-refractivity contribution is 0.413. The minimum absolute atomic E-state index is 0.194. The fraction of sp³-hybridized carbons (Fsp3) is 0.385. The molecule has 0 saturated carbocycles. The van der Waals surface area contributed by atoms with Gasteiger partial charge in [-0.1, -0.05) is 6.92 Å². The number of furan rings is 2. The largest absolute Gasteiger partial charge is 0.466 e. The molecule has 0 aliphatic rings. The van der Waals surface area contributed by atoms with Crippen molar-refractivity contribution in [2.24, 2.45) is 0 Å². The van der Waals surface area contributed by atoms with Crippen molar-refractivity contribution in [1.82, 2.24) is 0 Å². The van der Waals surface area contributed by atoms with E-state index in [0.717, 1.165) is 29.5 Å². The van der Waals surface area contributed by atoms with E-state index in [0.29, 0.717) is 0 Å². The van der Waals surface area contributed by atoms with Crippen LogP contribution in [0.4, 0.5) is 0 Å². The average Bonchev–Trinajstić information content (AvgIpc) is 2.84. The summed E-state index contributed by atoms with van der Waals surface area (Å²) in [6.45, 7) is 6.14. The van der Waals surface area contributed by atoms with Crippen molar-refractivity contribution in [3.05, 3.63) is 47.3 Å². The Kier molecular flexibility index (Phi) is 2.67. The second-order valence-corrected chi connectivity index (χ2v) is 3.83. The molecule has 0 fully saturated rings. The van der Waals surface area contributed by atoms with E-state index in [1.54, 1.807) is 0 Å². The molecule has 80 valence electrons. The summed E-state index contributed by atoms with van der Waals surface area (Å²) in [5, 5.41) is 0.